The van der Waals surface area contributed by atoms with Crippen molar-refractivity contribution in [3.8, 4) is 0 Å². The fourth-order valence-corrected chi connectivity index (χ4v) is 1.40. The second-order valence-corrected chi connectivity index (χ2v) is 3.96. The molecule has 0 saturated carbocycles. The lowest BCUT2D eigenvalue weighted by Crippen LogP contribution is -2.42. The monoisotopic (exact) mass is 274 g/mol. The quantitative estimate of drug-likeness (QED) is 0.789. The Hall–Kier alpha value is -1.82. The number of carbonyl (C=O) groups is 2. The predicted octanol–water partition coefficient (Wildman–Crippen LogP) is 2.46. The van der Waals surface area contributed by atoms with E-state index in [1.165, 1.54) is 12.1 Å². The lowest BCUT2D eigenvalue weighted by Gasteiger charge is -2.13. The number of aliphatic carboxylic acids is 1. The number of anilines is 1. The van der Waals surface area contributed by atoms with Crippen LogP contribution in [-0.2, 0) is 4.79 Å². The van der Waals surface area contributed by atoms with Gasteiger partial charge in [-0.05, 0) is 24.6 Å². The highest BCUT2D eigenvalue weighted by Gasteiger charge is 2.18. The number of carboxylic acid groups (broad SMARTS) is 1. The van der Waals surface area contributed by atoms with Gasteiger partial charge in [0.15, 0.2) is 0 Å². The van der Waals surface area contributed by atoms with Gasteiger partial charge in [-0.2, -0.15) is 0 Å². The summed E-state index contributed by atoms with van der Waals surface area (Å²) < 4.78 is 13.3. The van der Waals surface area contributed by atoms with Crippen molar-refractivity contribution in [1.29, 1.82) is 0 Å². The Morgan fingerprint density at radius 3 is 2.67 bits per heavy atom. The van der Waals surface area contributed by atoms with Crippen LogP contribution in [-0.4, -0.2) is 23.1 Å². The summed E-state index contributed by atoms with van der Waals surface area (Å²) in [7, 11) is 0. The zero-order valence-electron chi connectivity index (χ0n) is 9.54. The molecule has 0 heterocycles. The van der Waals surface area contributed by atoms with E-state index in [9.17, 15) is 14.0 Å². The zero-order valence-corrected chi connectivity index (χ0v) is 10.3. The van der Waals surface area contributed by atoms with Crippen molar-refractivity contribution in [2.24, 2.45) is 0 Å². The summed E-state index contributed by atoms with van der Waals surface area (Å²) in [5.74, 6) is -1.84. The number of halogens is 2. The minimum absolute atomic E-state index is 0.0721. The molecule has 18 heavy (non-hydrogen) atoms. The highest BCUT2D eigenvalue weighted by atomic mass is 35.5. The summed E-state index contributed by atoms with van der Waals surface area (Å²) in [4.78, 5) is 22.1. The first-order valence-electron chi connectivity index (χ1n) is 5.19. The van der Waals surface area contributed by atoms with Gasteiger partial charge in [0.1, 0.15) is 11.9 Å². The van der Waals surface area contributed by atoms with Gasteiger partial charge in [-0.15, -0.1) is 0 Å². The first kappa shape index (κ1) is 14.2. The lowest BCUT2D eigenvalue weighted by molar-refractivity contribution is -0.139. The minimum atomic E-state index is -1.15. The number of nitrogens with one attached hydrogen (secondary N) is 2. The first-order valence-corrected chi connectivity index (χ1v) is 5.57. The first-order chi connectivity index (χ1) is 8.43. The van der Waals surface area contributed by atoms with Crippen LogP contribution in [0.25, 0.3) is 0 Å². The molecule has 1 atom stereocenters. The van der Waals surface area contributed by atoms with E-state index in [-0.39, 0.29) is 17.1 Å². The van der Waals surface area contributed by atoms with E-state index >= 15 is 0 Å². The number of benzene rings is 1. The van der Waals surface area contributed by atoms with Gasteiger partial charge in [0.25, 0.3) is 0 Å². The van der Waals surface area contributed by atoms with Crippen LogP contribution < -0.4 is 10.6 Å². The Kier molecular flexibility index (Phi) is 4.91. The fraction of sp³-hybridized carbons (Fsp3) is 0.273. The maximum absolute atomic E-state index is 13.3. The van der Waals surface area contributed by atoms with Crippen molar-refractivity contribution in [3.63, 3.8) is 0 Å². The molecule has 0 bridgehead atoms. The molecule has 0 aliphatic carbocycles. The summed E-state index contributed by atoms with van der Waals surface area (Å²) in [5.41, 5.74) is -0.0721. The van der Waals surface area contributed by atoms with Crippen LogP contribution in [0, 0.1) is 5.82 Å². The molecule has 2 amide bonds. The third kappa shape index (κ3) is 3.89. The molecule has 0 unspecified atom stereocenters. The smallest absolute Gasteiger partial charge is 0.326 e. The maximum Gasteiger partial charge on any atom is 0.326 e. The molecule has 0 aliphatic heterocycles. The van der Waals surface area contributed by atoms with E-state index in [0.717, 1.165) is 6.07 Å². The van der Waals surface area contributed by atoms with Gasteiger partial charge >= 0.3 is 12.0 Å². The summed E-state index contributed by atoms with van der Waals surface area (Å²) >= 11 is 5.56. The normalized spacial score (nSPS) is 11.7. The molecule has 3 N–H and O–H groups in total. The van der Waals surface area contributed by atoms with E-state index in [2.05, 4.69) is 10.6 Å². The summed E-state index contributed by atoms with van der Waals surface area (Å²) in [6.07, 6.45) is 0.228. The molecule has 0 fully saturated rings. The van der Waals surface area contributed by atoms with Crippen LogP contribution >= 0.6 is 11.6 Å². The van der Waals surface area contributed by atoms with Gasteiger partial charge in [0.05, 0.1) is 5.69 Å². The summed E-state index contributed by atoms with van der Waals surface area (Å²) in [6, 6.07) is 1.95. The number of amides is 2. The molecule has 1 aromatic rings. The van der Waals surface area contributed by atoms with Gasteiger partial charge in [-0.25, -0.2) is 14.0 Å². The highest BCUT2D eigenvalue weighted by Crippen LogP contribution is 2.18. The van der Waals surface area contributed by atoms with E-state index in [0.29, 0.717) is 0 Å². The number of rotatable bonds is 4. The molecule has 0 spiro atoms. The lowest BCUT2D eigenvalue weighted by atomic mass is 10.2. The third-order valence-electron chi connectivity index (χ3n) is 2.19. The Morgan fingerprint density at radius 2 is 2.17 bits per heavy atom. The van der Waals surface area contributed by atoms with Gasteiger partial charge in [-0.3, -0.25) is 0 Å². The molecule has 0 radical (unpaired) electrons. The Morgan fingerprint density at radius 1 is 1.50 bits per heavy atom. The van der Waals surface area contributed by atoms with E-state index in [4.69, 9.17) is 16.7 Å². The number of hydrogen-bond acceptors (Lipinski definition) is 2. The molecule has 98 valence electrons. The summed E-state index contributed by atoms with van der Waals surface area (Å²) in [6.45, 7) is 1.61. The van der Waals surface area contributed by atoms with Crippen LogP contribution in [0.2, 0.25) is 5.02 Å². The Balaban J connectivity index is 2.67. The van der Waals surface area contributed by atoms with Crippen LogP contribution in [0.5, 0.6) is 0 Å². The Bertz CT molecular complexity index is 468. The molecular weight excluding hydrogens is 263 g/mol. The molecule has 0 aliphatic rings. The van der Waals surface area contributed by atoms with Gasteiger partial charge in [0.2, 0.25) is 0 Å². The molecule has 0 aromatic heterocycles. The van der Waals surface area contributed by atoms with E-state index in [1.807, 2.05) is 0 Å². The van der Waals surface area contributed by atoms with Crippen molar-refractivity contribution in [2.75, 3.05) is 5.32 Å². The number of hydrogen-bond donors (Lipinski definition) is 3. The second-order valence-electron chi connectivity index (χ2n) is 3.52. The van der Waals surface area contributed by atoms with Gasteiger partial charge in [-0.1, -0.05) is 18.5 Å². The van der Waals surface area contributed by atoms with Crippen molar-refractivity contribution in [1.82, 2.24) is 5.32 Å². The average Bonchev–Trinajstić information content (AvgIpc) is 2.29. The van der Waals surface area contributed by atoms with Crippen LogP contribution in [0.1, 0.15) is 13.3 Å². The van der Waals surface area contributed by atoms with Crippen LogP contribution in [0.3, 0.4) is 0 Å². The largest absolute Gasteiger partial charge is 0.480 e. The Labute approximate surface area is 108 Å². The van der Waals surface area contributed by atoms with Crippen molar-refractivity contribution in [2.45, 2.75) is 19.4 Å². The predicted molar refractivity (Wildman–Crippen MR) is 65.3 cm³/mol. The van der Waals surface area contributed by atoms with Gasteiger partial charge in [0, 0.05) is 5.02 Å². The van der Waals surface area contributed by atoms with E-state index in [1.54, 1.807) is 6.92 Å². The van der Waals surface area contributed by atoms with Crippen LogP contribution in [0.4, 0.5) is 14.9 Å². The molecule has 0 saturated heterocycles. The SMILES string of the molecule is CC[C@H](NC(=O)Nc1ccc(Cl)cc1F)C(=O)O. The van der Waals surface area contributed by atoms with Crippen LogP contribution in [0.15, 0.2) is 18.2 Å². The maximum atomic E-state index is 13.3. The highest BCUT2D eigenvalue weighted by molar-refractivity contribution is 6.30. The topological polar surface area (TPSA) is 78.4 Å². The average molecular weight is 275 g/mol. The molecule has 1 aromatic carbocycles. The van der Waals surface area contributed by atoms with Gasteiger partial charge < -0.3 is 15.7 Å². The fourth-order valence-electron chi connectivity index (χ4n) is 1.25. The molecule has 1 rings (SSSR count). The van der Waals surface area contributed by atoms with Crippen molar-refractivity contribution < 1.29 is 19.1 Å². The minimum Gasteiger partial charge on any atom is -0.480 e. The van der Waals surface area contributed by atoms with Crippen molar-refractivity contribution >= 4 is 29.3 Å². The number of urea groups is 1. The standard InChI is InChI=1S/C11H12ClFN2O3/c1-2-8(10(16)17)14-11(18)15-9-4-3-6(12)5-7(9)13/h3-5,8H,2H2,1H3,(H,16,17)(H2,14,15,18)/t8-/m0/s1. The summed E-state index contributed by atoms with van der Waals surface area (Å²) in [5, 5.41) is 13.4. The number of carboxylic acids is 1. The third-order valence-corrected chi connectivity index (χ3v) is 2.43. The van der Waals surface area contributed by atoms with E-state index < -0.39 is 23.9 Å². The zero-order chi connectivity index (χ0) is 13.7. The number of carbonyl (C=O) groups excluding carboxylic acids is 1. The molecule has 5 nitrogen and oxygen atoms in total. The van der Waals surface area contributed by atoms with Crippen molar-refractivity contribution in [3.05, 3.63) is 29.0 Å². The second kappa shape index (κ2) is 6.20. The molecular formula is C11H12ClFN2O3. The molecule has 7 heteroatoms.